The molecule has 0 aliphatic heterocycles. The van der Waals surface area contributed by atoms with Gasteiger partial charge in [0.05, 0.1) is 0 Å². The Hall–Kier alpha value is -2.64. The van der Waals surface area contributed by atoms with Crippen LogP contribution in [0.15, 0.2) is 48.5 Å². The first-order chi connectivity index (χ1) is 12.9. The minimum Gasteiger partial charge on any atom is -0.483 e. The van der Waals surface area contributed by atoms with Crippen LogP contribution in [0.5, 0.6) is 5.75 Å². The van der Waals surface area contributed by atoms with Crippen molar-refractivity contribution >= 4 is 40.7 Å². The number of ether oxygens (including phenoxy) is 1. The fourth-order valence-corrected chi connectivity index (χ4v) is 2.47. The van der Waals surface area contributed by atoms with E-state index in [2.05, 4.69) is 16.2 Å². The number of carbonyl (C=O) groups is 2. The Bertz CT molecular complexity index is 825. The lowest BCUT2D eigenvalue weighted by molar-refractivity contribution is -0.123. The van der Waals surface area contributed by atoms with Crippen molar-refractivity contribution in [2.75, 3.05) is 6.61 Å². The van der Waals surface area contributed by atoms with Gasteiger partial charge in [-0.1, -0.05) is 43.6 Å². The summed E-state index contributed by atoms with van der Waals surface area (Å²) in [6.07, 6.45) is 0. The standard InChI is InChI=1S/C19H20ClN3O3S/c1-12(2)15-5-3-4-6-16(15)26-11-17(24)22-23-19(27)21-18(25)13-7-9-14(20)10-8-13/h3-10,12H,11H2,1-2H3,(H,22,24)(H2,21,23,25,27). The Labute approximate surface area is 168 Å². The molecule has 27 heavy (non-hydrogen) atoms. The second-order valence-corrected chi connectivity index (χ2v) is 6.79. The van der Waals surface area contributed by atoms with Crippen LogP contribution in [-0.2, 0) is 4.79 Å². The van der Waals surface area contributed by atoms with Gasteiger partial charge in [0, 0.05) is 10.6 Å². The van der Waals surface area contributed by atoms with Crippen LogP contribution >= 0.6 is 23.8 Å². The number of halogens is 1. The van der Waals surface area contributed by atoms with Gasteiger partial charge in [0.25, 0.3) is 11.8 Å². The molecule has 0 aliphatic carbocycles. The molecule has 142 valence electrons. The summed E-state index contributed by atoms with van der Waals surface area (Å²) in [7, 11) is 0. The normalized spacial score (nSPS) is 10.2. The van der Waals surface area contributed by atoms with Gasteiger partial charge in [-0.2, -0.15) is 0 Å². The van der Waals surface area contributed by atoms with Crippen molar-refractivity contribution in [1.82, 2.24) is 16.2 Å². The molecule has 6 nitrogen and oxygen atoms in total. The van der Waals surface area contributed by atoms with Gasteiger partial charge in [0.1, 0.15) is 5.75 Å². The highest BCUT2D eigenvalue weighted by Gasteiger charge is 2.11. The number of nitrogens with one attached hydrogen (secondary N) is 3. The highest BCUT2D eigenvalue weighted by Crippen LogP contribution is 2.25. The third-order valence-electron chi connectivity index (χ3n) is 3.55. The second-order valence-electron chi connectivity index (χ2n) is 5.94. The number of para-hydroxylation sites is 1. The molecule has 0 saturated heterocycles. The molecule has 0 spiro atoms. The predicted octanol–water partition coefficient (Wildman–Crippen LogP) is 3.18. The summed E-state index contributed by atoms with van der Waals surface area (Å²) in [5, 5.41) is 2.94. The van der Waals surface area contributed by atoms with E-state index in [9.17, 15) is 9.59 Å². The summed E-state index contributed by atoms with van der Waals surface area (Å²) in [6, 6.07) is 13.9. The zero-order chi connectivity index (χ0) is 19.8. The van der Waals surface area contributed by atoms with E-state index in [1.807, 2.05) is 38.1 Å². The average Bonchev–Trinajstić information content (AvgIpc) is 2.65. The number of rotatable bonds is 5. The van der Waals surface area contributed by atoms with Gasteiger partial charge in [-0.25, -0.2) is 0 Å². The highest BCUT2D eigenvalue weighted by atomic mass is 35.5. The maximum Gasteiger partial charge on any atom is 0.276 e. The van der Waals surface area contributed by atoms with Crippen LogP contribution in [0.4, 0.5) is 0 Å². The number of hydrazine groups is 1. The molecule has 0 bridgehead atoms. The minimum atomic E-state index is -0.434. The van der Waals surface area contributed by atoms with Gasteiger partial charge >= 0.3 is 0 Å². The Balaban J connectivity index is 1.77. The van der Waals surface area contributed by atoms with Crippen molar-refractivity contribution in [3.05, 3.63) is 64.7 Å². The second kappa shape index (κ2) is 9.89. The van der Waals surface area contributed by atoms with Gasteiger partial charge in [-0.05, 0) is 54.0 Å². The molecule has 2 aromatic rings. The topological polar surface area (TPSA) is 79.5 Å². The van der Waals surface area contributed by atoms with E-state index in [0.29, 0.717) is 16.3 Å². The van der Waals surface area contributed by atoms with Crippen LogP contribution in [-0.4, -0.2) is 23.5 Å². The van der Waals surface area contributed by atoms with E-state index in [1.54, 1.807) is 24.3 Å². The van der Waals surface area contributed by atoms with Crippen molar-refractivity contribution in [2.24, 2.45) is 0 Å². The third kappa shape index (κ3) is 6.54. The summed E-state index contributed by atoms with van der Waals surface area (Å²) in [6.45, 7) is 3.90. The number of benzene rings is 2. The van der Waals surface area contributed by atoms with Crippen molar-refractivity contribution in [2.45, 2.75) is 19.8 Å². The molecule has 2 rings (SSSR count). The fourth-order valence-electron chi connectivity index (χ4n) is 2.20. The van der Waals surface area contributed by atoms with Crippen molar-refractivity contribution in [3.8, 4) is 5.75 Å². The lowest BCUT2D eigenvalue weighted by Crippen LogP contribution is -2.49. The zero-order valence-corrected chi connectivity index (χ0v) is 16.5. The minimum absolute atomic E-state index is 0.0362. The molecule has 0 aromatic heterocycles. The third-order valence-corrected chi connectivity index (χ3v) is 4.00. The van der Waals surface area contributed by atoms with E-state index in [4.69, 9.17) is 28.6 Å². The van der Waals surface area contributed by atoms with E-state index >= 15 is 0 Å². The fraction of sp³-hybridized carbons (Fsp3) is 0.211. The predicted molar refractivity (Wildman–Crippen MR) is 109 cm³/mol. The van der Waals surface area contributed by atoms with Gasteiger partial charge in [-0.3, -0.25) is 25.8 Å². The number of carbonyl (C=O) groups excluding carboxylic acids is 2. The number of thiocarbonyl (C=S) groups is 1. The molecule has 0 unspecified atom stereocenters. The Morgan fingerprint density at radius 1 is 1.07 bits per heavy atom. The van der Waals surface area contributed by atoms with E-state index in [-0.39, 0.29) is 17.6 Å². The van der Waals surface area contributed by atoms with Gasteiger partial charge in [0.2, 0.25) is 0 Å². The first kappa shape index (κ1) is 20.7. The Morgan fingerprint density at radius 3 is 2.41 bits per heavy atom. The average molecular weight is 406 g/mol. The SMILES string of the molecule is CC(C)c1ccccc1OCC(=O)NNC(=S)NC(=O)c1ccc(Cl)cc1. The van der Waals surface area contributed by atoms with E-state index in [0.717, 1.165) is 5.56 Å². The quantitative estimate of drug-likeness (QED) is 0.526. The van der Waals surface area contributed by atoms with E-state index < -0.39 is 11.8 Å². The first-order valence-electron chi connectivity index (χ1n) is 8.24. The number of hydrogen-bond acceptors (Lipinski definition) is 4. The maximum absolute atomic E-state index is 12.0. The van der Waals surface area contributed by atoms with Crippen molar-refractivity contribution in [1.29, 1.82) is 0 Å². The van der Waals surface area contributed by atoms with Crippen LogP contribution in [0.2, 0.25) is 5.02 Å². The smallest absolute Gasteiger partial charge is 0.276 e. The van der Waals surface area contributed by atoms with Crippen LogP contribution in [0, 0.1) is 0 Å². The van der Waals surface area contributed by atoms with Crippen molar-refractivity contribution < 1.29 is 14.3 Å². The molecule has 0 saturated carbocycles. The molecular weight excluding hydrogens is 386 g/mol. The van der Waals surface area contributed by atoms with Gasteiger partial charge < -0.3 is 4.74 Å². The summed E-state index contributed by atoms with van der Waals surface area (Å²) >= 11 is 10.8. The molecular formula is C19H20ClN3O3S. The molecule has 2 amide bonds. The van der Waals surface area contributed by atoms with Crippen molar-refractivity contribution in [3.63, 3.8) is 0 Å². The molecule has 8 heteroatoms. The van der Waals surface area contributed by atoms with Gasteiger partial charge in [-0.15, -0.1) is 0 Å². The largest absolute Gasteiger partial charge is 0.483 e. The molecule has 0 fully saturated rings. The molecule has 0 radical (unpaired) electrons. The zero-order valence-electron chi connectivity index (χ0n) is 14.9. The van der Waals surface area contributed by atoms with Crippen LogP contribution in [0.25, 0.3) is 0 Å². The lowest BCUT2D eigenvalue weighted by Gasteiger charge is -2.14. The Morgan fingerprint density at radius 2 is 1.74 bits per heavy atom. The lowest BCUT2D eigenvalue weighted by atomic mass is 10.0. The van der Waals surface area contributed by atoms with Gasteiger partial charge in [0.15, 0.2) is 11.7 Å². The van der Waals surface area contributed by atoms with Crippen LogP contribution < -0.4 is 20.9 Å². The monoisotopic (exact) mass is 405 g/mol. The van der Waals surface area contributed by atoms with Crippen LogP contribution in [0.3, 0.4) is 0 Å². The van der Waals surface area contributed by atoms with E-state index in [1.165, 1.54) is 0 Å². The summed E-state index contributed by atoms with van der Waals surface area (Å²) < 4.78 is 5.56. The Kier molecular flexibility index (Phi) is 7.57. The molecule has 3 N–H and O–H groups in total. The summed E-state index contributed by atoms with van der Waals surface area (Å²) in [4.78, 5) is 23.9. The summed E-state index contributed by atoms with van der Waals surface area (Å²) in [5.74, 6) is 0.0801. The number of hydrogen-bond donors (Lipinski definition) is 3. The molecule has 2 aromatic carbocycles. The maximum atomic E-state index is 12.0. The molecule has 0 atom stereocenters. The molecule has 0 aliphatic rings. The first-order valence-corrected chi connectivity index (χ1v) is 9.03. The molecule has 0 heterocycles. The number of amides is 2. The summed E-state index contributed by atoms with van der Waals surface area (Å²) in [5.41, 5.74) is 6.25. The van der Waals surface area contributed by atoms with Crippen LogP contribution in [0.1, 0.15) is 35.7 Å². The highest BCUT2D eigenvalue weighted by molar-refractivity contribution is 7.80.